The first-order chi connectivity index (χ1) is 14.7. The molecule has 7 heteroatoms. The molecule has 30 heavy (non-hydrogen) atoms. The van der Waals surface area contributed by atoms with Gasteiger partial charge in [0.2, 0.25) is 5.91 Å². The maximum Gasteiger partial charge on any atom is 0.233 e. The van der Waals surface area contributed by atoms with Crippen LogP contribution in [0.4, 0.5) is 0 Å². The minimum atomic E-state index is 0.0907. The minimum Gasteiger partial charge on any atom is -0.358 e. The van der Waals surface area contributed by atoms with E-state index < -0.39 is 0 Å². The smallest absolute Gasteiger partial charge is 0.233 e. The van der Waals surface area contributed by atoms with E-state index in [1.54, 1.807) is 7.05 Å². The van der Waals surface area contributed by atoms with E-state index in [1.807, 2.05) is 0 Å². The predicted molar refractivity (Wildman–Crippen MR) is 123 cm³/mol. The van der Waals surface area contributed by atoms with Gasteiger partial charge in [-0.05, 0) is 44.7 Å². The van der Waals surface area contributed by atoms with Gasteiger partial charge >= 0.3 is 0 Å². The van der Waals surface area contributed by atoms with Crippen molar-refractivity contribution in [1.82, 2.24) is 25.8 Å². The van der Waals surface area contributed by atoms with E-state index >= 15 is 0 Å². The van der Waals surface area contributed by atoms with E-state index in [-0.39, 0.29) is 5.91 Å². The number of guanidine groups is 1. The minimum absolute atomic E-state index is 0.0907. The second kappa shape index (κ2) is 11.9. The van der Waals surface area contributed by atoms with Gasteiger partial charge in [-0.3, -0.25) is 19.6 Å². The summed E-state index contributed by atoms with van der Waals surface area (Å²) >= 11 is 0. The lowest BCUT2D eigenvalue weighted by molar-refractivity contribution is -0.122. The molecular weight excluding hydrogens is 376 g/mol. The lowest BCUT2D eigenvalue weighted by atomic mass is 10.1. The zero-order valence-corrected chi connectivity index (χ0v) is 18.6. The Morgan fingerprint density at radius 3 is 2.60 bits per heavy atom. The number of likely N-dealkylation sites (tertiary alicyclic amines) is 2. The Kier molecular flexibility index (Phi) is 8.96. The van der Waals surface area contributed by atoms with Crippen LogP contribution in [0.15, 0.2) is 35.3 Å². The van der Waals surface area contributed by atoms with Crippen molar-refractivity contribution in [3.05, 3.63) is 35.9 Å². The van der Waals surface area contributed by atoms with Gasteiger partial charge in [0.1, 0.15) is 0 Å². The van der Waals surface area contributed by atoms with Crippen LogP contribution in [0.5, 0.6) is 0 Å². The standard InChI is InChI=1S/C23H38N6O/c1-3-25-23(27-20-11-14-28(15-12-20)18-22(30)24-2)26-16-21-10-7-13-29(21)17-19-8-5-4-6-9-19/h4-6,8-9,20-21H,3,7,10-18H2,1-2H3,(H,24,30)(H2,25,26,27). The van der Waals surface area contributed by atoms with Gasteiger partial charge in [0.05, 0.1) is 13.1 Å². The lowest BCUT2D eigenvalue weighted by Gasteiger charge is -2.32. The molecule has 166 valence electrons. The third-order valence-corrected chi connectivity index (χ3v) is 6.11. The normalized spacial score (nSPS) is 21.5. The third kappa shape index (κ3) is 6.99. The Hall–Kier alpha value is -2.12. The van der Waals surface area contributed by atoms with Crippen molar-refractivity contribution in [1.29, 1.82) is 0 Å². The topological polar surface area (TPSA) is 72.0 Å². The lowest BCUT2D eigenvalue weighted by Crippen LogP contribution is -2.50. The molecule has 0 bridgehead atoms. The fourth-order valence-electron chi connectivity index (χ4n) is 4.36. The Morgan fingerprint density at radius 2 is 1.90 bits per heavy atom. The summed E-state index contributed by atoms with van der Waals surface area (Å²) in [7, 11) is 1.70. The first kappa shape index (κ1) is 22.6. The summed E-state index contributed by atoms with van der Waals surface area (Å²) in [4.78, 5) is 21.3. The van der Waals surface area contributed by atoms with Crippen molar-refractivity contribution in [2.24, 2.45) is 4.99 Å². The van der Waals surface area contributed by atoms with Crippen LogP contribution in [0.3, 0.4) is 0 Å². The highest BCUT2D eigenvalue weighted by Crippen LogP contribution is 2.20. The van der Waals surface area contributed by atoms with Crippen LogP contribution in [0.1, 0.15) is 38.2 Å². The van der Waals surface area contributed by atoms with Gasteiger partial charge in [-0.15, -0.1) is 0 Å². The summed E-state index contributed by atoms with van der Waals surface area (Å²) in [5.41, 5.74) is 1.38. The number of nitrogens with zero attached hydrogens (tertiary/aromatic N) is 3. The fourth-order valence-corrected chi connectivity index (χ4v) is 4.36. The van der Waals surface area contributed by atoms with Crippen molar-refractivity contribution in [3.63, 3.8) is 0 Å². The summed E-state index contributed by atoms with van der Waals surface area (Å²) < 4.78 is 0. The second-order valence-corrected chi connectivity index (χ2v) is 8.34. The predicted octanol–water partition coefficient (Wildman–Crippen LogP) is 1.42. The maximum atomic E-state index is 11.6. The molecule has 0 saturated carbocycles. The van der Waals surface area contributed by atoms with Gasteiger partial charge in [-0.25, -0.2) is 0 Å². The highest BCUT2D eigenvalue weighted by molar-refractivity contribution is 5.80. The van der Waals surface area contributed by atoms with Crippen molar-refractivity contribution < 1.29 is 4.79 Å². The largest absolute Gasteiger partial charge is 0.358 e. The van der Waals surface area contributed by atoms with Crippen LogP contribution in [0.2, 0.25) is 0 Å². The molecule has 1 atom stereocenters. The molecule has 1 aromatic carbocycles. The fraction of sp³-hybridized carbons (Fsp3) is 0.652. The molecule has 1 unspecified atom stereocenters. The molecule has 2 aliphatic heterocycles. The summed E-state index contributed by atoms with van der Waals surface area (Å²) in [6.07, 6.45) is 4.53. The highest BCUT2D eigenvalue weighted by Gasteiger charge is 2.25. The number of benzene rings is 1. The van der Waals surface area contributed by atoms with E-state index in [1.165, 1.54) is 18.4 Å². The van der Waals surface area contributed by atoms with Crippen molar-refractivity contribution >= 4 is 11.9 Å². The van der Waals surface area contributed by atoms with Crippen LogP contribution < -0.4 is 16.0 Å². The van der Waals surface area contributed by atoms with Crippen LogP contribution in [0.25, 0.3) is 0 Å². The number of aliphatic imine (C=N–C) groups is 1. The Morgan fingerprint density at radius 1 is 1.13 bits per heavy atom. The number of likely N-dealkylation sites (N-methyl/N-ethyl adjacent to an activating group) is 1. The molecule has 2 aliphatic rings. The number of nitrogens with one attached hydrogen (secondary N) is 3. The number of carbonyl (C=O) groups excluding carboxylic acids is 1. The van der Waals surface area contributed by atoms with Gasteiger partial charge in [-0.2, -0.15) is 0 Å². The monoisotopic (exact) mass is 414 g/mol. The maximum absolute atomic E-state index is 11.6. The SMILES string of the molecule is CCNC(=NCC1CCCN1Cc1ccccc1)NC1CCN(CC(=O)NC)CC1. The molecule has 0 aliphatic carbocycles. The Bertz CT molecular complexity index is 672. The average molecular weight is 415 g/mol. The quantitative estimate of drug-likeness (QED) is 0.443. The van der Waals surface area contributed by atoms with Crippen LogP contribution in [-0.2, 0) is 11.3 Å². The molecule has 1 amide bonds. The molecule has 7 nitrogen and oxygen atoms in total. The van der Waals surface area contributed by atoms with Gasteiger partial charge in [0.25, 0.3) is 0 Å². The van der Waals surface area contributed by atoms with E-state index in [0.717, 1.165) is 58.1 Å². The number of carbonyl (C=O) groups is 1. The molecule has 2 saturated heterocycles. The number of hydrogen-bond donors (Lipinski definition) is 3. The zero-order valence-electron chi connectivity index (χ0n) is 18.6. The summed E-state index contributed by atoms with van der Waals surface area (Å²) in [6, 6.07) is 11.6. The van der Waals surface area contributed by atoms with Crippen LogP contribution in [0, 0.1) is 0 Å². The van der Waals surface area contributed by atoms with Crippen LogP contribution >= 0.6 is 0 Å². The first-order valence-corrected chi connectivity index (χ1v) is 11.4. The van der Waals surface area contributed by atoms with Crippen LogP contribution in [-0.4, -0.2) is 80.1 Å². The number of hydrogen-bond acceptors (Lipinski definition) is 4. The van der Waals surface area contributed by atoms with Gasteiger partial charge in [0.15, 0.2) is 5.96 Å². The Balaban J connectivity index is 1.49. The average Bonchev–Trinajstić information content (AvgIpc) is 3.21. The summed E-state index contributed by atoms with van der Waals surface area (Å²) in [5, 5.41) is 9.75. The van der Waals surface area contributed by atoms with Crippen molar-refractivity contribution in [2.45, 2.75) is 51.2 Å². The number of amides is 1. The molecular formula is C23H38N6O. The molecule has 3 rings (SSSR count). The van der Waals surface area contributed by atoms with Crippen molar-refractivity contribution in [2.75, 3.05) is 46.3 Å². The summed E-state index contributed by atoms with van der Waals surface area (Å²) in [5.74, 6) is 1.02. The number of rotatable bonds is 8. The highest BCUT2D eigenvalue weighted by atomic mass is 16.1. The van der Waals surface area contributed by atoms with Gasteiger partial charge < -0.3 is 16.0 Å². The number of piperidine rings is 1. The molecule has 0 aromatic heterocycles. The molecule has 2 heterocycles. The molecule has 0 spiro atoms. The molecule has 0 radical (unpaired) electrons. The summed E-state index contributed by atoms with van der Waals surface area (Å²) in [6.45, 7) is 8.35. The Labute approximate surface area is 181 Å². The van der Waals surface area contributed by atoms with E-state index in [0.29, 0.717) is 18.6 Å². The first-order valence-electron chi connectivity index (χ1n) is 11.4. The second-order valence-electron chi connectivity index (χ2n) is 8.34. The molecule has 1 aromatic rings. The van der Waals surface area contributed by atoms with E-state index in [9.17, 15) is 4.79 Å². The van der Waals surface area contributed by atoms with Gasteiger partial charge in [-0.1, -0.05) is 30.3 Å². The zero-order chi connectivity index (χ0) is 21.2. The molecule has 2 fully saturated rings. The van der Waals surface area contributed by atoms with E-state index in [4.69, 9.17) is 4.99 Å². The molecule has 3 N–H and O–H groups in total. The van der Waals surface area contributed by atoms with E-state index in [2.05, 4.69) is 63.0 Å². The third-order valence-electron chi connectivity index (χ3n) is 6.11. The van der Waals surface area contributed by atoms with Gasteiger partial charge in [0, 0.05) is 45.3 Å². The van der Waals surface area contributed by atoms with Crippen molar-refractivity contribution in [3.8, 4) is 0 Å².